The Kier molecular flexibility index (Phi) is 5.37. The van der Waals surface area contributed by atoms with E-state index in [1.165, 1.54) is 11.3 Å². The van der Waals surface area contributed by atoms with Gasteiger partial charge in [-0.15, -0.1) is 11.3 Å². The first-order valence-electron chi connectivity index (χ1n) is 4.87. The Balaban J connectivity index is 2.66. The van der Waals surface area contributed by atoms with Crippen molar-refractivity contribution in [1.29, 1.82) is 0 Å². The molecule has 2 N–H and O–H groups in total. The van der Waals surface area contributed by atoms with Gasteiger partial charge < -0.3 is 10.6 Å². The maximum atomic E-state index is 12.0. The molecule has 88 valence electrons. The molecule has 1 rings (SSSR count). The summed E-state index contributed by atoms with van der Waals surface area (Å²) in [6.45, 7) is 3.19. The van der Waals surface area contributed by atoms with Crippen LogP contribution >= 0.6 is 39.5 Å². The highest BCUT2D eigenvalue weighted by Gasteiger charge is 2.15. The van der Waals surface area contributed by atoms with Crippen LogP contribution in [-0.4, -0.2) is 28.9 Å². The average molecular weight is 321 g/mol. The molecule has 3 nitrogen and oxygen atoms in total. The van der Waals surface area contributed by atoms with E-state index < -0.39 is 0 Å². The highest BCUT2D eigenvalue weighted by atomic mass is 79.9. The molecule has 0 aliphatic rings. The number of nitrogens with two attached hydrogens (primary N) is 1. The minimum Gasteiger partial charge on any atom is -0.393 e. The number of nitrogens with zero attached hydrogens (tertiary/aromatic N) is 1. The van der Waals surface area contributed by atoms with E-state index in [9.17, 15) is 4.79 Å². The van der Waals surface area contributed by atoms with Gasteiger partial charge in [0.05, 0.1) is 13.7 Å². The Morgan fingerprint density at radius 2 is 2.31 bits per heavy atom. The number of rotatable bonds is 5. The van der Waals surface area contributed by atoms with E-state index in [1.54, 1.807) is 4.90 Å². The quantitative estimate of drug-likeness (QED) is 0.848. The van der Waals surface area contributed by atoms with Crippen LogP contribution in [0.4, 0.5) is 0 Å². The van der Waals surface area contributed by atoms with Crippen LogP contribution in [0.1, 0.15) is 23.0 Å². The van der Waals surface area contributed by atoms with Gasteiger partial charge in [-0.2, -0.15) is 0 Å². The molecule has 16 heavy (non-hydrogen) atoms. The summed E-state index contributed by atoms with van der Waals surface area (Å²) in [5, 5.41) is 0. The zero-order valence-corrected chi connectivity index (χ0v) is 12.1. The van der Waals surface area contributed by atoms with Crippen molar-refractivity contribution in [2.45, 2.75) is 13.3 Å². The van der Waals surface area contributed by atoms with Crippen molar-refractivity contribution in [3.63, 3.8) is 0 Å². The minimum absolute atomic E-state index is 0.0365. The number of carbonyl (C=O) groups excluding carboxylic acids is 1. The maximum Gasteiger partial charge on any atom is 0.263 e. The van der Waals surface area contributed by atoms with E-state index in [4.69, 9.17) is 18.0 Å². The number of thiophene rings is 1. The maximum absolute atomic E-state index is 12.0. The molecule has 0 spiro atoms. The summed E-state index contributed by atoms with van der Waals surface area (Å²) in [6, 6.07) is 3.69. The second kappa shape index (κ2) is 6.32. The molecule has 6 heteroatoms. The standard InChI is InChI=1S/C10H13BrN2OS2/c1-2-13(6-5-9(12)15)10(14)7-3-4-8(11)16-7/h3-4H,2,5-6H2,1H3,(H2,12,15). The third-order valence-corrected chi connectivity index (χ3v) is 3.90. The molecular formula is C10H13BrN2OS2. The smallest absolute Gasteiger partial charge is 0.263 e. The molecule has 0 aliphatic heterocycles. The van der Waals surface area contributed by atoms with Crippen LogP contribution in [0.2, 0.25) is 0 Å². The summed E-state index contributed by atoms with van der Waals surface area (Å²) in [5.41, 5.74) is 5.43. The van der Waals surface area contributed by atoms with E-state index in [1.807, 2.05) is 19.1 Å². The highest BCUT2D eigenvalue weighted by Crippen LogP contribution is 2.23. The predicted octanol–water partition coefficient (Wildman–Crippen LogP) is 2.65. The highest BCUT2D eigenvalue weighted by molar-refractivity contribution is 9.11. The molecular weight excluding hydrogens is 308 g/mol. The van der Waals surface area contributed by atoms with Gasteiger partial charge in [-0.25, -0.2) is 0 Å². The Labute approximate surface area is 113 Å². The molecule has 1 aromatic rings. The zero-order chi connectivity index (χ0) is 12.1. The van der Waals surface area contributed by atoms with E-state index in [-0.39, 0.29) is 5.91 Å². The SMILES string of the molecule is CCN(CCC(N)=S)C(=O)c1ccc(Br)s1. The van der Waals surface area contributed by atoms with Crippen molar-refractivity contribution in [2.24, 2.45) is 5.73 Å². The largest absolute Gasteiger partial charge is 0.393 e. The lowest BCUT2D eigenvalue weighted by atomic mass is 10.3. The van der Waals surface area contributed by atoms with Gasteiger partial charge in [0.25, 0.3) is 5.91 Å². The minimum atomic E-state index is 0.0365. The summed E-state index contributed by atoms with van der Waals surface area (Å²) < 4.78 is 0.959. The number of thiocarbonyl (C=S) groups is 1. The topological polar surface area (TPSA) is 46.3 Å². The molecule has 1 amide bonds. The van der Waals surface area contributed by atoms with Crippen LogP contribution < -0.4 is 5.73 Å². The van der Waals surface area contributed by atoms with Crippen molar-refractivity contribution >= 4 is 50.4 Å². The van der Waals surface area contributed by atoms with Crippen LogP contribution in [0, 0.1) is 0 Å². The second-order valence-corrected chi connectivity index (χ2v) is 6.19. The Hall–Kier alpha value is -0.460. The van der Waals surface area contributed by atoms with Gasteiger partial charge in [0.1, 0.15) is 0 Å². The van der Waals surface area contributed by atoms with Crippen molar-refractivity contribution in [3.05, 3.63) is 20.8 Å². The van der Waals surface area contributed by atoms with Crippen molar-refractivity contribution < 1.29 is 4.79 Å². The van der Waals surface area contributed by atoms with Crippen LogP contribution in [-0.2, 0) is 0 Å². The number of amides is 1. The van der Waals surface area contributed by atoms with Crippen LogP contribution in [0.3, 0.4) is 0 Å². The lowest BCUT2D eigenvalue weighted by molar-refractivity contribution is 0.0774. The summed E-state index contributed by atoms with van der Waals surface area (Å²) in [7, 11) is 0. The van der Waals surface area contributed by atoms with Gasteiger partial charge in [-0.1, -0.05) is 12.2 Å². The van der Waals surface area contributed by atoms with Gasteiger partial charge >= 0.3 is 0 Å². The van der Waals surface area contributed by atoms with E-state index >= 15 is 0 Å². The van der Waals surface area contributed by atoms with Crippen LogP contribution in [0.15, 0.2) is 15.9 Å². The molecule has 0 radical (unpaired) electrons. The van der Waals surface area contributed by atoms with Gasteiger partial charge in [0, 0.05) is 19.5 Å². The van der Waals surface area contributed by atoms with E-state index in [0.717, 1.165) is 8.66 Å². The molecule has 0 fully saturated rings. The number of carbonyl (C=O) groups is 1. The monoisotopic (exact) mass is 320 g/mol. The number of halogens is 1. The van der Waals surface area contributed by atoms with Gasteiger partial charge in [-0.3, -0.25) is 4.79 Å². The summed E-state index contributed by atoms with van der Waals surface area (Å²) >= 11 is 9.58. The van der Waals surface area contributed by atoms with E-state index in [0.29, 0.717) is 24.5 Å². The second-order valence-electron chi connectivity index (χ2n) is 3.20. The van der Waals surface area contributed by atoms with Crippen LogP contribution in [0.5, 0.6) is 0 Å². The molecule has 1 aromatic heterocycles. The van der Waals surface area contributed by atoms with Crippen molar-refractivity contribution in [2.75, 3.05) is 13.1 Å². The Morgan fingerprint density at radius 1 is 1.62 bits per heavy atom. The Morgan fingerprint density at radius 3 is 2.75 bits per heavy atom. The molecule has 0 aliphatic carbocycles. The zero-order valence-electron chi connectivity index (χ0n) is 8.90. The predicted molar refractivity (Wildman–Crippen MR) is 75.0 cm³/mol. The molecule has 0 unspecified atom stereocenters. The van der Waals surface area contributed by atoms with Crippen LogP contribution in [0.25, 0.3) is 0 Å². The first-order valence-corrected chi connectivity index (χ1v) is 6.89. The van der Waals surface area contributed by atoms with Gasteiger partial charge in [0.2, 0.25) is 0 Å². The molecule has 0 saturated heterocycles. The molecule has 0 atom stereocenters. The van der Waals surface area contributed by atoms with E-state index in [2.05, 4.69) is 15.9 Å². The lowest BCUT2D eigenvalue weighted by Gasteiger charge is -2.19. The average Bonchev–Trinajstić information content (AvgIpc) is 2.65. The molecule has 0 saturated carbocycles. The molecule has 0 bridgehead atoms. The van der Waals surface area contributed by atoms with Gasteiger partial charge in [0.15, 0.2) is 0 Å². The van der Waals surface area contributed by atoms with Crippen molar-refractivity contribution in [3.8, 4) is 0 Å². The van der Waals surface area contributed by atoms with Gasteiger partial charge in [-0.05, 0) is 35.0 Å². The molecule has 1 heterocycles. The third kappa shape index (κ3) is 3.84. The fourth-order valence-electron chi connectivity index (χ4n) is 1.23. The summed E-state index contributed by atoms with van der Waals surface area (Å²) in [6.07, 6.45) is 0.571. The number of hydrogen-bond donors (Lipinski definition) is 1. The first-order chi connectivity index (χ1) is 7.54. The lowest BCUT2D eigenvalue weighted by Crippen LogP contribution is -2.33. The number of hydrogen-bond acceptors (Lipinski definition) is 3. The summed E-state index contributed by atoms with van der Waals surface area (Å²) in [5.74, 6) is 0.0365. The third-order valence-electron chi connectivity index (χ3n) is 2.08. The normalized spacial score (nSPS) is 10.1. The molecule has 0 aromatic carbocycles. The fraction of sp³-hybridized carbons (Fsp3) is 0.400. The van der Waals surface area contributed by atoms with Crippen molar-refractivity contribution in [1.82, 2.24) is 4.90 Å². The first kappa shape index (κ1) is 13.6. The fourth-order valence-corrected chi connectivity index (χ4v) is 2.68. The Bertz CT molecular complexity index is 392. The summed E-state index contributed by atoms with van der Waals surface area (Å²) in [4.78, 5) is 15.0.